The number of thiol groups is 1. The van der Waals surface area contributed by atoms with Crippen molar-refractivity contribution < 1.29 is 13.2 Å². The fourth-order valence-corrected chi connectivity index (χ4v) is 2.02. The van der Waals surface area contributed by atoms with Crippen molar-refractivity contribution in [2.45, 2.75) is 19.3 Å². The number of hydrogen-bond donors (Lipinski definition) is 1. The first-order valence-electron chi connectivity index (χ1n) is 5.41. The summed E-state index contributed by atoms with van der Waals surface area (Å²) in [6.45, 7) is 5.58. The number of hydrogen-bond acceptors (Lipinski definition) is 4. The summed E-state index contributed by atoms with van der Waals surface area (Å²) in [5.41, 5.74) is 0.933. The molecule has 0 bridgehead atoms. The van der Waals surface area contributed by atoms with Gasteiger partial charge in [-0.2, -0.15) is 25.8 Å². The van der Waals surface area contributed by atoms with Crippen molar-refractivity contribution in [2.24, 2.45) is 0 Å². The van der Waals surface area contributed by atoms with Gasteiger partial charge in [0.2, 0.25) is 5.82 Å². The lowest BCUT2D eigenvalue weighted by molar-refractivity contribution is -0.148. The van der Waals surface area contributed by atoms with Crippen molar-refractivity contribution in [1.29, 1.82) is 0 Å². The molecule has 0 spiro atoms. The number of alkyl halides is 3. The van der Waals surface area contributed by atoms with Crippen LogP contribution in [0.5, 0.6) is 0 Å². The van der Waals surface area contributed by atoms with E-state index in [-0.39, 0.29) is 6.54 Å². The van der Waals surface area contributed by atoms with Crippen LogP contribution in [0.15, 0.2) is 12.2 Å². The fourth-order valence-electron chi connectivity index (χ4n) is 1.92. The lowest BCUT2D eigenvalue weighted by atomic mass is 10.2. The van der Waals surface area contributed by atoms with Gasteiger partial charge in [-0.15, -0.1) is 10.2 Å². The minimum atomic E-state index is -4.44. The van der Waals surface area contributed by atoms with Crippen LogP contribution < -0.4 is 0 Å². The maximum absolute atomic E-state index is 12.6. The quantitative estimate of drug-likeness (QED) is 0.673. The summed E-state index contributed by atoms with van der Waals surface area (Å²) in [6, 6.07) is 0. The molecule has 0 saturated heterocycles. The molecule has 1 aliphatic heterocycles. The Labute approximate surface area is 108 Å². The molecule has 0 saturated carbocycles. The zero-order valence-electron chi connectivity index (χ0n) is 9.61. The molecule has 0 N–H and O–H groups in total. The van der Waals surface area contributed by atoms with E-state index in [4.69, 9.17) is 0 Å². The van der Waals surface area contributed by atoms with Crippen molar-refractivity contribution in [1.82, 2.24) is 19.7 Å². The fraction of sp³-hybridized carbons (Fsp3) is 0.600. The first-order valence-corrected chi connectivity index (χ1v) is 6.04. The summed E-state index contributed by atoms with van der Waals surface area (Å²) in [4.78, 5) is 1.99. The number of aromatic nitrogens is 3. The first kappa shape index (κ1) is 13.4. The van der Waals surface area contributed by atoms with Gasteiger partial charge < -0.3 is 4.57 Å². The standard InChI is InChI=1S/C10H13F3N4S/c1-7(6-18)4-16-2-3-17-8(5-16)14-15-9(17)10(11,12)13/h18H,1-6H2. The Hall–Kier alpha value is -1.02. The van der Waals surface area contributed by atoms with Crippen molar-refractivity contribution in [3.63, 3.8) is 0 Å². The van der Waals surface area contributed by atoms with E-state index in [1.54, 1.807) is 0 Å². The molecule has 0 atom stereocenters. The molecule has 4 nitrogen and oxygen atoms in total. The lowest BCUT2D eigenvalue weighted by Crippen LogP contribution is -2.36. The second-order valence-electron chi connectivity index (χ2n) is 4.21. The summed E-state index contributed by atoms with van der Waals surface area (Å²) in [6.07, 6.45) is -4.44. The Morgan fingerprint density at radius 3 is 2.67 bits per heavy atom. The van der Waals surface area contributed by atoms with Gasteiger partial charge in [0.25, 0.3) is 0 Å². The molecule has 1 aromatic rings. The minimum Gasteiger partial charge on any atom is -0.305 e. The zero-order valence-corrected chi connectivity index (χ0v) is 10.5. The highest BCUT2D eigenvalue weighted by Gasteiger charge is 2.39. The van der Waals surface area contributed by atoms with Gasteiger partial charge >= 0.3 is 6.18 Å². The SMILES string of the molecule is C=C(CS)CN1CCn2c(nnc2C(F)(F)F)C1. The molecule has 1 aliphatic rings. The van der Waals surface area contributed by atoms with Gasteiger partial charge in [-0.25, -0.2) is 0 Å². The molecule has 0 amide bonds. The molecular formula is C10H13F3N4S. The average Bonchev–Trinajstić information content (AvgIpc) is 2.71. The monoisotopic (exact) mass is 278 g/mol. The third-order valence-electron chi connectivity index (χ3n) is 2.76. The van der Waals surface area contributed by atoms with Crippen molar-refractivity contribution >= 4 is 12.6 Å². The molecule has 100 valence electrons. The largest absolute Gasteiger partial charge is 0.451 e. The average molecular weight is 278 g/mol. The van der Waals surface area contributed by atoms with E-state index in [0.717, 1.165) is 10.1 Å². The number of nitrogens with zero attached hydrogens (tertiary/aromatic N) is 4. The van der Waals surface area contributed by atoms with Crippen LogP contribution in [0.25, 0.3) is 0 Å². The summed E-state index contributed by atoms with van der Waals surface area (Å²) in [5.74, 6) is 0.00230. The van der Waals surface area contributed by atoms with Crippen molar-refractivity contribution in [3.8, 4) is 0 Å². The van der Waals surface area contributed by atoms with E-state index in [2.05, 4.69) is 29.4 Å². The normalized spacial score (nSPS) is 16.7. The van der Waals surface area contributed by atoms with Crippen LogP contribution in [0, 0.1) is 0 Å². The molecule has 2 rings (SSSR count). The predicted molar refractivity (Wildman–Crippen MR) is 63.3 cm³/mol. The van der Waals surface area contributed by atoms with Gasteiger partial charge in [-0.3, -0.25) is 4.90 Å². The third-order valence-corrected chi connectivity index (χ3v) is 3.20. The Morgan fingerprint density at radius 2 is 2.06 bits per heavy atom. The Bertz CT molecular complexity index is 454. The van der Waals surface area contributed by atoms with Crippen LogP contribution >= 0.6 is 12.6 Å². The van der Waals surface area contributed by atoms with E-state index < -0.39 is 12.0 Å². The minimum absolute atomic E-state index is 0.247. The summed E-state index contributed by atoms with van der Waals surface area (Å²) in [7, 11) is 0. The van der Waals surface area contributed by atoms with E-state index in [1.165, 1.54) is 0 Å². The van der Waals surface area contributed by atoms with Crippen molar-refractivity contribution in [3.05, 3.63) is 23.8 Å². The van der Waals surface area contributed by atoms with E-state index in [0.29, 0.717) is 31.2 Å². The van der Waals surface area contributed by atoms with Gasteiger partial charge in [0.05, 0.1) is 6.54 Å². The molecule has 0 unspecified atom stereocenters. The molecular weight excluding hydrogens is 265 g/mol. The highest BCUT2D eigenvalue weighted by atomic mass is 32.1. The Morgan fingerprint density at radius 1 is 1.33 bits per heavy atom. The van der Waals surface area contributed by atoms with Crippen LogP contribution in [0.1, 0.15) is 11.6 Å². The van der Waals surface area contributed by atoms with E-state index in [9.17, 15) is 13.2 Å². The van der Waals surface area contributed by atoms with E-state index >= 15 is 0 Å². The number of rotatable bonds is 3. The Kier molecular flexibility index (Phi) is 3.67. The molecule has 0 aliphatic carbocycles. The van der Waals surface area contributed by atoms with Crippen LogP contribution in [0.2, 0.25) is 0 Å². The number of halogens is 3. The summed E-state index contributed by atoms with van der Waals surface area (Å²) in [5, 5.41) is 6.84. The highest BCUT2D eigenvalue weighted by molar-refractivity contribution is 7.80. The molecule has 1 aromatic heterocycles. The smallest absolute Gasteiger partial charge is 0.305 e. The topological polar surface area (TPSA) is 34.0 Å². The third kappa shape index (κ3) is 2.69. The second-order valence-corrected chi connectivity index (χ2v) is 4.52. The van der Waals surface area contributed by atoms with Crippen LogP contribution in [0.3, 0.4) is 0 Å². The summed E-state index contributed by atoms with van der Waals surface area (Å²) < 4.78 is 39.0. The molecule has 8 heteroatoms. The lowest BCUT2D eigenvalue weighted by Gasteiger charge is -2.28. The zero-order chi connectivity index (χ0) is 13.3. The summed E-state index contributed by atoms with van der Waals surface area (Å²) >= 11 is 4.10. The van der Waals surface area contributed by atoms with Gasteiger partial charge in [0, 0.05) is 25.4 Å². The second kappa shape index (κ2) is 4.93. The van der Waals surface area contributed by atoms with Gasteiger partial charge in [0.15, 0.2) is 0 Å². The maximum Gasteiger partial charge on any atom is 0.451 e. The van der Waals surface area contributed by atoms with Gasteiger partial charge in [-0.1, -0.05) is 12.2 Å². The highest BCUT2D eigenvalue weighted by Crippen LogP contribution is 2.29. The molecule has 0 radical (unpaired) electrons. The van der Waals surface area contributed by atoms with Gasteiger partial charge in [-0.05, 0) is 0 Å². The molecule has 2 heterocycles. The Balaban J connectivity index is 2.12. The van der Waals surface area contributed by atoms with E-state index in [1.807, 2.05) is 4.90 Å². The number of fused-ring (bicyclic) bond motifs is 1. The van der Waals surface area contributed by atoms with Crippen LogP contribution in [0.4, 0.5) is 13.2 Å². The van der Waals surface area contributed by atoms with Crippen LogP contribution in [-0.2, 0) is 19.3 Å². The molecule has 18 heavy (non-hydrogen) atoms. The maximum atomic E-state index is 12.6. The molecule has 0 fully saturated rings. The first-order chi connectivity index (χ1) is 8.41. The van der Waals surface area contributed by atoms with Gasteiger partial charge in [0.1, 0.15) is 5.82 Å². The van der Waals surface area contributed by atoms with Crippen molar-refractivity contribution in [2.75, 3.05) is 18.8 Å². The molecule has 0 aromatic carbocycles. The predicted octanol–water partition coefficient (Wildman–Crippen LogP) is 1.60. The van der Waals surface area contributed by atoms with Crippen LogP contribution in [-0.4, -0.2) is 38.5 Å².